The van der Waals surface area contributed by atoms with Gasteiger partial charge in [0.05, 0.1) is 23.3 Å². The van der Waals surface area contributed by atoms with Crippen LogP contribution in [0.1, 0.15) is 23.6 Å². The summed E-state index contributed by atoms with van der Waals surface area (Å²) in [4.78, 5) is 0. The maximum Gasteiger partial charge on any atom is 0.180 e. The first-order valence-corrected chi connectivity index (χ1v) is 10.8. The van der Waals surface area contributed by atoms with Crippen LogP contribution in [0.15, 0.2) is 65.1 Å². The summed E-state index contributed by atoms with van der Waals surface area (Å²) < 4.78 is 12.6. The summed E-state index contributed by atoms with van der Waals surface area (Å²) >= 11 is 16.1. The molecule has 6 heteroatoms. The molecule has 0 fully saturated rings. The van der Waals surface area contributed by atoms with Gasteiger partial charge in [-0.1, -0.05) is 69.5 Å². The molecule has 3 aromatic carbocycles. The first kappa shape index (κ1) is 22.2. The molecule has 152 valence electrons. The number of nitriles is 1. The number of nitrogens with zero attached hydrogens (tertiary/aromatic N) is 1. The van der Waals surface area contributed by atoms with Gasteiger partial charge in [-0.25, -0.2) is 0 Å². The third kappa shape index (κ3) is 5.58. The van der Waals surface area contributed by atoms with Crippen molar-refractivity contribution in [2.45, 2.75) is 13.5 Å². The Hall–Kier alpha value is -2.45. The molecule has 30 heavy (non-hydrogen) atoms. The van der Waals surface area contributed by atoms with E-state index in [2.05, 4.69) is 22.0 Å². The minimum Gasteiger partial charge on any atom is -0.490 e. The zero-order valence-electron chi connectivity index (χ0n) is 16.2. The van der Waals surface area contributed by atoms with Crippen LogP contribution in [-0.4, -0.2) is 6.61 Å². The number of rotatable bonds is 7. The molecule has 0 saturated carbocycles. The zero-order valence-corrected chi connectivity index (χ0v) is 19.3. The Morgan fingerprint density at radius 3 is 2.43 bits per heavy atom. The lowest BCUT2D eigenvalue weighted by atomic mass is 10.0. The maximum atomic E-state index is 9.61. The van der Waals surface area contributed by atoms with Gasteiger partial charge in [-0.3, -0.25) is 0 Å². The van der Waals surface area contributed by atoms with Crippen LogP contribution in [0.2, 0.25) is 10.0 Å². The minimum atomic E-state index is 0.261. The molecule has 0 unspecified atom stereocenters. The van der Waals surface area contributed by atoms with Crippen molar-refractivity contribution in [3.8, 4) is 17.6 Å². The predicted molar refractivity (Wildman–Crippen MR) is 126 cm³/mol. The van der Waals surface area contributed by atoms with Crippen LogP contribution in [0.3, 0.4) is 0 Å². The van der Waals surface area contributed by atoms with Gasteiger partial charge in [-0.2, -0.15) is 5.26 Å². The SMILES string of the molecule is CCOc1cc(/C=C(\C#N)c2ccc(Br)cc2)cc(Cl)c1OCc1ccccc1Cl. The monoisotopic (exact) mass is 501 g/mol. The molecule has 0 aliphatic heterocycles. The Morgan fingerprint density at radius 2 is 1.77 bits per heavy atom. The molecular weight excluding hydrogens is 485 g/mol. The summed E-state index contributed by atoms with van der Waals surface area (Å²) in [6.07, 6.45) is 1.77. The van der Waals surface area contributed by atoms with Gasteiger partial charge < -0.3 is 9.47 Å². The van der Waals surface area contributed by atoms with Gasteiger partial charge in [0.15, 0.2) is 11.5 Å². The molecule has 0 spiro atoms. The van der Waals surface area contributed by atoms with Crippen molar-refractivity contribution in [1.29, 1.82) is 5.26 Å². The third-order valence-corrected chi connectivity index (χ3v) is 5.43. The number of hydrogen-bond acceptors (Lipinski definition) is 3. The predicted octanol–water partition coefficient (Wildman–Crippen LogP) is 7.80. The first-order chi connectivity index (χ1) is 14.5. The quantitative estimate of drug-likeness (QED) is 0.244. The Balaban J connectivity index is 1.93. The Labute approximate surface area is 194 Å². The van der Waals surface area contributed by atoms with Gasteiger partial charge in [0.2, 0.25) is 0 Å². The second-order valence-corrected chi connectivity index (χ2v) is 8.05. The van der Waals surface area contributed by atoms with Crippen molar-refractivity contribution in [2.24, 2.45) is 0 Å². The summed E-state index contributed by atoms with van der Waals surface area (Å²) in [5.74, 6) is 0.953. The molecule has 0 aromatic heterocycles. The normalized spacial score (nSPS) is 11.1. The molecule has 0 bridgehead atoms. The van der Waals surface area contributed by atoms with E-state index in [9.17, 15) is 5.26 Å². The van der Waals surface area contributed by atoms with Gasteiger partial charge in [-0.05, 0) is 54.5 Å². The molecule has 0 heterocycles. The second-order valence-electron chi connectivity index (χ2n) is 6.32. The van der Waals surface area contributed by atoms with Gasteiger partial charge >= 0.3 is 0 Å². The van der Waals surface area contributed by atoms with E-state index in [1.807, 2.05) is 61.5 Å². The largest absolute Gasteiger partial charge is 0.490 e. The maximum absolute atomic E-state index is 9.61. The van der Waals surface area contributed by atoms with Gasteiger partial charge in [0, 0.05) is 15.1 Å². The van der Waals surface area contributed by atoms with E-state index in [1.54, 1.807) is 12.1 Å². The lowest BCUT2D eigenvalue weighted by Gasteiger charge is -2.15. The molecule has 0 radical (unpaired) electrons. The van der Waals surface area contributed by atoms with Gasteiger partial charge in [-0.15, -0.1) is 0 Å². The molecule has 0 aliphatic carbocycles. The molecule has 0 atom stereocenters. The van der Waals surface area contributed by atoms with Crippen LogP contribution in [0.4, 0.5) is 0 Å². The van der Waals surface area contributed by atoms with E-state index in [-0.39, 0.29) is 6.61 Å². The number of allylic oxidation sites excluding steroid dienone is 1. The Kier molecular flexibility index (Phi) is 7.81. The van der Waals surface area contributed by atoms with E-state index in [1.165, 1.54) is 0 Å². The van der Waals surface area contributed by atoms with E-state index < -0.39 is 0 Å². The van der Waals surface area contributed by atoms with Crippen molar-refractivity contribution in [2.75, 3.05) is 6.61 Å². The van der Waals surface area contributed by atoms with Crippen LogP contribution in [0.25, 0.3) is 11.6 Å². The Bertz CT molecular complexity index is 1110. The average Bonchev–Trinajstić information content (AvgIpc) is 2.73. The van der Waals surface area contributed by atoms with Crippen LogP contribution < -0.4 is 9.47 Å². The van der Waals surface area contributed by atoms with Crippen molar-refractivity contribution in [1.82, 2.24) is 0 Å². The second kappa shape index (κ2) is 10.5. The fraction of sp³-hybridized carbons (Fsp3) is 0.125. The van der Waals surface area contributed by atoms with Crippen LogP contribution >= 0.6 is 39.1 Å². The summed E-state index contributed by atoms with van der Waals surface area (Å²) in [6.45, 7) is 2.59. The van der Waals surface area contributed by atoms with E-state index >= 15 is 0 Å². The zero-order chi connectivity index (χ0) is 21.5. The molecule has 3 rings (SSSR count). The van der Waals surface area contributed by atoms with Gasteiger partial charge in [0.1, 0.15) is 6.61 Å². The summed E-state index contributed by atoms with van der Waals surface area (Å²) in [7, 11) is 0. The fourth-order valence-electron chi connectivity index (χ4n) is 2.82. The molecule has 0 N–H and O–H groups in total. The number of ether oxygens (including phenoxy) is 2. The van der Waals surface area contributed by atoms with E-state index in [0.717, 1.165) is 21.2 Å². The number of hydrogen-bond donors (Lipinski definition) is 0. The number of halogens is 3. The van der Waals surface area contributed by atoms with E-state index in [0.29, 0.717) is 33.7 Å². The average molecular weight is 503 g/mol. The highest BCUT2D eigenvalue weighted by Gasteiger charge is 2.14. The third-order valence-electron chi connectivity index (χ3n) is 4.25. The fourth-order valence-corrected chi connectivity index (χ4v) is 3.54. The molecule has 0 amide bonds. The van der Waals surface area contributed by atoms with E-state index in [4.69, 9.17) is 32.7 Å². The van der Waals surface area contributed by atoms with Gasteiger partial charge in [0.25, 0.3) is 0 Å². The van der Waals surface area contributed by atoms with Crippen LogP contribution in [0, 0.1) is 11.3 Å². The minimum absolute atomic E-state index is 0.261. The molecule has 0 saturated heterocycles. The standard InChI is InChI=1S/C24H18BrCl2NO2/c1-2-29-23-13-16(11-19(14-28)17-7-9-20(25)10-8-17)12-22(27)24(23)30-15-18-5-3-4-6-21(18)26/h3-13H,2,15H2,1H3/b19-11+. The first-order valence-electron chi connectivity index (χ1n) is 9.22. The highest BCUT2D eigenvalue weighted by Crippen LogP contribution is 2.38. The number of benzene rings is 3. The summed E-state index contributed by atoms with van der Waals surface area (Å²) in [5.41, 5.74) is 2.93. The van der Waals surface area contributed by atoms with Crippen molar-refractivity contribution in [3.05, 3.63) is 91.9 Å². The molecule has 3 nitrogen and oxygen atoms in total. The Morgan fingerprint density at radius 1 is 1.03 bits per heavy atom. The van der Waals surface area contributed by atoms with Crippen molar-refractivity contribution >= 4 is 50.8 Å². The van der Waals surface area contributed by atoms with Crippen molar-refractivity contribution in [3.63, 3.8) is 0 Å². The van der Waals surface area contributed by atoms with Crippen molar-refractivity contribution < 1.29 is 9.47 Å². The summed E-state index contributed by atoms with van der Waals surface area (Å²) in [6, 6.07) is 20.8. The lowest BCUT2D eigenvalue weighted by molar-refractivity contribution is 0.269. The molecular formula is C24H18BrCl2NO2. The lowest BCUT2D eigenvalue weighted by Crippen LogP contribution is -2.01. The molecule has 3 aromatic rings. The van der Waals surface area contributed by atoms with Crippen LogP contribution in [0.5, 0.6) is 11.5 Å². The van der Waals surface area contributed by atoms with Crippen LogP contribution in [-0.2, 0) is 6.61 Å². The molecule has 0 aliphatic rings. The highest BCUT2D eigenvalue weighted by atomic mass is 79.9. The summed E-state index contributed by atoms with van der Waals surface area (Å²) in [5, 5.41) is 10.6. The topological polar surface area (TPSA) is 42.2 Å². The highest BCUT2D eigenvalue weighted by molar-refractivity contribution is 9.10. The smallest absolute Gasteiger partial charge is 0.180 e.